The number of carbonyl (C=O) groups is 1. The van der Waals surface area contributed by atoms with Crippen LogP contribution >= 0.6 is 11.6 Å². The molecule has 0 aliphatic heterocycles. The predicted octanol–water partition coefficient (Wildman–Crippen LogP) is 4.24. The number of ether oxygens (including phenoxy) is 1. The number of benzene rings is 1. The second kappa shape index (κ2) is 7.30. The van der Waals surface area contributed by atoms with Crippen LogP contribution in [-0.4, -0.2) is 12.6 Å². The van der Waals surface area contributed by atoms with Gasteiger partial charge in [0.15, 0.2) is 0 Å². The molecule has 1 heterocycles. The highest BCUT2D eigenvalue weighted by molar-refractivity contribution is 6.33. The van der Waals surface area contributed by atoms with Crippen molar-refractivity contribution < 1.29 is 13.9 Å². The second-order valence-electron chi connectivity index (χ2n) is 4.24. The zero-order chi connectivity index (χ0) is 15.9. The Kier molecular flexibility index (Phi) is 5.18. The van der Waals surface area contributed by atoms with Crippen LogP contribution in [0.4, 0.5) is 0 Å². The molecule has 0 spiro atoms. The number of rotatable bonds is 5. The summed E-state index contributed by atoms with van der Waals surface area (Å²) < 4.78 is 10.4. The van der Waals surface area contributed by atoms with E-state index in [2.05, 4.69) is 6.58 Å². The van der Waals surface area contributed by atoms with Crippen molar-refractivity contribution in [3.05, 3.63) is 65.4 Å². The first-order chi connectivity index (χ1) is 10.7. The number of nitriles is 1. The minimum Gasteiger partial charge on any atom is -0.457 e. The standard InChI is InChI=1S/C17H12ClNO3/c1-2-9-21-17(20)12(11-19)10-13-7-8-16(22-13)14-5-3-4-6-15(14)18/h2-8,10H,1,9H2. The van der Waals surface area contributed by atoms with Gasteiger partial charge in [-0.1, -0.05) is 36.4 Å². The summed E-state index contributed by atoms with van der Waals surface area (Å²) >= 11 is 6.10. The van der Waals surface area contributed by atoms with E-state index in [1.165, 1.54) is 12.2 Å². The van der Waals surface area contributed by atoms with E-state index in [0.717, 1.165) is 5.56 Å². The molecule has 0 aliphatic carbocycles. The molecule has 1 aromatic carbocycles. The summed E-state index contributed by atoms with van der Waals surface area (Å²) in [5.41, 5.74) is 0.582. The van der Waals surface area contributed by atoms with E-state index in [1.807, 2.05) is 18.2 Å². The van der Waals surface area contributed by atoms with Gasteiger partial charge in [-0.25, -0.2) is 4.79 Å². The Morgan fingerprint density at radius 3 is 2.82 bits per heavy atom. The van der Waals surface area contributed by atoms with Gasteiger partial charge in [-0.2, -0.15) is 5.26 Å². The molecule has 0 saturated carbocycles. The van der Waals surface area contributed by atoms with Crippen molar-refractivity contribution in [1.82, 2.24) is 0 Å². The molecule has 110 valence electrons. The fraction of sp³-hybridized carbons (Fsp3) is 0.0588. The maximum Gasteiger partial charge on any atom is 0.349 e. The lowest BCUT2D eigenvalue weighted by Crippen LogP contribution is -2.06. The summed E-state index contributed by atoms with van der Waals surface area (Å²) in [6.07, 6.45) is 2.75. The number of halogens is 1. The van der Waals surface area contributed by atoms with Crippen LogP contribution in [0.3, 0.4) is 0 Å². The Hall–Kier alpha value is -2.77. The van der Waals surface area contributed by atoms with Gasteiger partial charge >= 0.3 is 5.97 Å². The van der Waals surface area contributed by atoms with Crippen molar-refractivity contribution in [3.8, 4) is 17.4 Å². The summed E-state index contributed by atoms with van der Waals surface area (Å²) in [5, 5.41) is 9.57. The first-order valence-corrected chi connectivity index (χ1v) is 6.78. The molecule has 0 N–H and O–H groups in total. The number of esters is 1. The lowest BCUT2D eigenvalue weighted by molar-refractivity contribution is -0.137. The Bertz CT molecular complexity index is 768. The van der Waals surface area contributed by atoms with Crippen LogP contribution in [0.2, 0.25) is 5.02 Å². The molecule has 0 atom stereocenters. The maximum atomic E-state index is 11.6. The van der Waals surface area contributed by atoms with Gasteiger partial charge in [0.05, 0.1) is 5.02 Å². The molecular weight excluding hydrogens is 302 g/mol. The summed E-state index contributed by atoms with van der Waals surface area (Å²) in [5.74, 6) is 0.189. The molecular formula is C17H12ClNO3. The molecule has 0 aliphatic rings. The van der Waals surface area contributed by atoms with E-state index in [0.29, 0.717) is 16.5 Å². The van der Waals surface area contributed by atoms with Crippen molar-refractivity contribution in [2.45, 2.75) is 0 Å². The van der Waals surface area contributed by atoms with Crippen molar-refractivity contribution in [2.24, 2.45) is 0 Å². The normalized spacial score (nSPS) is 10.8. The van der Waals surface area contributed by atoms with Crippen LogP contribution in [-0.2, 0) is 9.53 Å². The quantitative estimate of drug-likeness (QED) is 0.358. The van der Waals surface area contributed by atoms with E-state index in [1.54, 1.807) is 24.3 Å². The highest BCUT2D eigenvalue weighted by Gasteiger charge is 2.12. The van der Waals surface area contributed by atoms with Crippen molar-refractivity contribution in [1.29, 1.82) is 5.26 Å². The van der Waals surface area contributed by atoms with Gasteiger partial charge in [0.1, 0.15) is 29.8 Å². The minimum absolute atomic E-state index is 0.0425. The molecule has 0 fully saturated rings. The second-order valence-corrected chi connectivity index (χ2v) is 4.65. The molecule has 2 rings (SSSR count). The van der Waals surface area contributed by atoms with Crippen LogP contribution < -0.4 is 0 Å². The van der Waals surface area contributed by atoms with Crippen LogP contribution in [0.5, 0.6) is 0 Å². The predicted molar refractivity (Wildman–Crippen MR) is 83.9 cm³/mol. The summed E-state index contributed by atoms with van der Waals surface area (Å²) in [6, 6.07) is 12.4. The first kappa shape index (κ1) is 15.6. The molecule has 4 nitrogen and oxygen atoms in total. The van der Waals surface area contributed by atoms with Gasteiger partial charge in [-0.05, 0) is 24.3 Å². The van der Waals surface area contributed by atoms with Crippen LogP contribution in [0.1, 0.15) is 5.76 Å². The monoisotopic (exact) mass is 313 g/mol. The third kappa shape index (κ3) is 3.66. The average Bonchev–Trinajstić information content (AvgIpc) is 2.99. The summed E-state index contributed by atoms with van der Waals surface area (Å²) in [7, 11) is 0. The molecule has 0 radical (unpaired) electrons. The van der Waals surface area contributed by atoms with Crippen molar-refractivity contribution >= 4 is 23.6 Å². The fourth-order valence-corrected chi connectivity index (χ4v) is 1.96. The van der Waals surface area contributed by atoms with Gasteiger partial charge in [-0.15, -0.1) is 0 Å². The summed E-state index contributed by atoms with van der Waals surface area (Å²) in [6.45, 7) is 3.48. The molecule has 2 aromatic rings. The lowest BCUT2D eigenvalue weighted by Gasteiger charge is -2.00. The zero-order valence-electron chi connectivity index (χ0n) is 11.6. The van der Waals surface area contributed by atoms with Gasteiger partial charge in [0.2, 0.25) is 0 Å². The highest BCUT2D eigenvalue weighted by Crippen LogP contribution is 2.29. The first-order valence-electron chi connectivity index (χ1n) is 6.40. The van der Waals surface area contributed by atoms with Crippen molar-refractivity contribution in [2.75, 3.05) is 6.61 Å². The zero-order valence-corrected chi connectivity index (χ0v) is 12.3. The third-order valence-corrected chi connectivity index (χ3v) is 3.05. The Balaban J connectivity index is 2.26. The van der Waals surface area contributed by atoms with E-state index < -0.39 is 5.97 Å². The van der Waals surface area contributed by atoms with Crippen LogP contribution in [0.25, 0.3) is 17.4 Å². The largest absolute Gasteiger partial charge is 0.457 e. The van der Waals surface area contributed by atoms with Crippen LogP contribution in [0.15, 0.2) is 59.0 Å². The number of hydrogen-bond donors (Lipinski definition) is 0. The van der Waals surface area contributed by atoms with Crippen molar-refractivity contribution in [3.63, 3.8) is 0 Å². The molecule has 0 amide bonds. The molecule has 0 unspecified atom stereocenters. The highest BCUT2D eigenvalue weighted by atomic mass is 35.5. The van der Waals surface area contributed by atoms with E-state index in [-0.39, 0.29) is 12.2 Å². The van der Waals surface area contributed by atoms with E-state index >= 15 is 0 Å². The van der Waals surface area contributed by atoms with Gasteiger partial charge < -0.3 is 9.15 Å². The molecule has 22 heavy (non-hydrogen) atoms. The van der Waals surface area contributed by atoms with Crippen LogP contribution in [0, 0.1) is 11.3 Å². The molecule has 0 saturated heterocycles. The molecule has 0 bridgehead atoms. The van der Waals surface area contributed by atoms with Gasteiger partial charge in [0, 0.05) is 11.6 Å². The average molecular weight is 314 g/mol. The Morgan fingerprint density at radius 2 is 2.14 bits per heavy atom. The number of nitrogens with zero attached hydrogens (tertiary/aromatic N) is 1. The molecule has 5 heteroatoms. The smallest absolute Gasteiger partial charge is 0.349 e. The van der Waals surface area contributed by atoms with E-state index in [4.69, 9.17) is 26.0 Å². The lowest BCUT2D eigenvalue weighted by atomic mass is 10.2. The maximum absolute atomic E-state index is 11.6. The van der Waals surface area contributed by atoms with E-state index in [9.17, 15) is 4.79 Å². The minimum atomic E-state index is -0.724. The topological polar surface area (TPSA) is 63.2 Å². The third-order valence-electron chi connectivity index (χ3n) is 2.73. The summed E-state index contributed by atoms with van der Waals surface area (Å²) in [4.78, 5) is 11.6. The molecule has 1 aromatic heterocycles. The number of carbonyl (C=O) groups excluding carboxylic acids is 1. The Labute approximate surface area is 132 Å². The number of furan rings is 1. The number of hydrogen-bond acceptors (Lipinski definition) is 4. The SMILES string of the molecule is C=CCOC(=O)C(C#N)=Cc1ccc(-c2ccccc2Cl)o1. The van der Waals surface area contributed by atoms with Gasteiger partial charge in [-0.3, -0.25) is 0 Å². The Morgan fingerprint density at radius 1 is 1.36 bits per heavy atom. The van der Waals surface area contributed by atoms with Gasteiger partial charge in [0.25, 0.3) is 0 Å². The fourth-order valence-electron chi connectivity index (χ4n) is 1.73.